The van der Waals surface area contributed by atoms with Gasteiger partial charge in [0.15, 0.2) is 0 Å². The highest BCUT2D eigenvalue weighted by atomic mass is 19.1. The van der Waals surface area contributed by atoms with Crippen LogP contribution in [0.1, 0.15) is 26.7 Å². The number of benzene rings is 1. The highest BCUT2D eigenvalue weighted by Gasteiger charge is 2.27. The Bertz CT molecular complexity index is 420. The quantitative estimate of drug-likeness (QED) is 0.771. The number of amides is 2. The molecular weight excluding hydrogens is 254 g/mol. The van der Waals surface area contributed by atoms with E-state index in [0.29, 0.717) is 12.8 Å². The zero-order chi connectivity index (χ0) is 14.5. The van der Waals surface area contributed by atoms with Crippen LogP contribution in [0.2, 0.25) is 0 Å². The number of aliphatic hydroxyl groups excluding tert-OH is 1. The Kier molecular flexibility index (Phi) is 5.23. The lowest BCUT2D eigenvalue weighted by molar-refractivity contribution is 0.155. The van der Waals surface area contributed by atoms with Crippen molar-refractivity contribution in [1.82, 2.24) is 5.32 Å². The molecule has 1 rings (SSSR count). The molecule has 0 aliphatic rings. The average molecular weight is 272 g/mol. The fraction of sp³-hybridized carbons (Fsp3) is 0.462. The van der Waals surface area contributed by atoms with Gasteiger partial charge in [-0.2, -0.15) is 0 Å². The Labute approximate surface area is 110 Å². The molecule has 4 nitrogen and oxygen atoms in total. The van der Waals surface area contributed by atoms with Crippen LogP contribution in [0.25, 0.3) is 0 Å². The molecule has 0 unspecified atom stereocenters. The Morgan fingerprint density at radius 2 is 1.74 bits per heavy atom. The Morgan fingerprint density at radius 1 is 1.21 bits per heavy atom. The van der Waals surface area contributed by atoms with Gasteiger partial charge in [-0.3, -0.25) is 0 Å². The van der Waals surface area contributed by atoms with E-state index in [1.165, 1.54) is 0 Å². The number of anilines is 1. The molecule has 0 aliphatic heterocycles. The minimum absolute atomic E-state index is 0.0223. The van der Waals surface area contributed by atoms with E-state index >= 15 is 0 Å². The molecular formula is C13H18F2N2O2. The smallest absolute Gasteiger partial charge is 0.319 e. The first kappa shape index (κ1) is 15.4. The summed E-state index contributed by atoms with van der Waals surface area (Å²) in [5.41, 5.74) is -0.704. The number of carbonyl (C=O) groups is 1. The van der Waals surface area contributed by atoms with Crippen LogP contribution >= 0.6 is 0 Å². The highest BCUT2D eigenvalue weighted by molar-refractivity contribution is 5.89. The molecule has 1 aromatic carbocycles. The van der Waals surface area contributed by atoms with E-state index in [1.54, 1.807) is 0 Å². The van der Waals surface area contributed by atoms with Gasteiger partial charge in [-0.25, -0.2) is 13.6 Å². The van der Waals surface area contributed by atoms with Gasteiger partial charge in [0.05, 0.1) is 12.1 Å². The van der Waals surface area contributed by atoms with Crippen molar-refractivity contribution in [2.24, 2.45) is 0 Å². The van der Waals surface area contributed by atoms with E-state index in [2.05, 4.69) is 10.6 Å². The number of rotatable bonds is 5. The molecule has 0 heterocycles. The zero-order valence-electron chi connectivity index (χ0n) is 11.0. The molecule has 0 fully saturated rings. The van der Waals surface area contributed by atoms with Crippen LogP contribution in [0, 0.1) is 11.6 Å². The Balaban J connectivity index is 2.74. The van der Waals surface area contributed by atoms with E-state index in [9.17, 15) is 18.7 Å². The normalized spacial score (nSPS) is 11.2. The van der Waals surface area contributed by atoms with Gasteiger partial charge in [-0.05, 0) is 25.0 Å². The summed E-state index contributed by atoms with van der Waals surface area (Å²) in [5.74, 6) is -1.54. The molecule has 19 heavy (non-hydrogen) atoms. The summed E-state index contributed by atoms with van der Waals surface area (Å²) in [4.78, 5) is 11.7. The lowest BCUT2D eigenvalue weighted by Crippen LogP contribution is -2.52. The summed E-state index contributed by atoms with van der Waals surface area (Å²) in [5, 5.41) is 14.3. The van der Waals surface area contributed by atoms with E-state index < -0.39 is 23.2 Å². The third-order valence-electron chi connectivity index (χ3n) is 3.16. The molecule has 106 valence electrons. The lowest BCUT2D eigenvalue weighted by atomic mass is 9.94. The Morgan fingerprint density at radius 3 is 2.16 bits per heavy atom. The molecule has 0 radical (unpaired) electrons. The molecule has 0 spiro atoms. The lowest BCUT2D eigenvalue weighted by Gasteiger charge is -2.30. The van der Waals surface area contributed by atoms with Gasteiger partial charge in [0.25, 0.3) is 0 Å². The van der Waals surface area contributed by atoms with Gasteiger partial charge in [0, 0.05) is 11.8 Å². The molecule has 0 bridgehead atoms. The zero-order valence-corrected chi connectivity index (χ0v) is 11.0. The van der Waals surface area contributed by atoms with Crippen molar-refractivity contribution in [3.63, 3.8) is 0 Å². The van der Waals surface area contributed by atoms with Gasteiger partial charge >= 0.3 is 6.03 Å². The van der Waals surface area contributed by atoms with Crippen LogP contribution < -0.4 is 10.6 Å². The summed E-state index contributed by atoms with van der Waals surface area (Å²) < 4.78 is 25.9. The second-order valence-electron chi connectivity index (χ2n) is 4.38. The maximum atomic E-state index is 13.0. The first-order valence-corrected chi connectivity index (χ1v) is 6.11. The second kappa shape index (κ2) is 6.47. The number of carbonyl (C=O) groups excluding carboxylic acids is 1. The van der Waals surface area contributed by atoms with Gasteiger partial charge in [-0.15, -0.1) is 0 Å². The van der Waals surface area contributed by atoms with Crippen LogP contribution in [-0.2, 0) is 0 Å². The van der Waals surface area contributed by atoms with Crippen molar-refractivity contribution in [3.8, 4) is 0 Å². The SMILES string of the molecule is CCC(CC)(CO)NC(=O)Nc1cc(F)cc(F)c1. The van der Waals surface area contributed by atoms with Crippen LogP contribution in [0.5, 0.6) is 0 Å². The first-order chi connectivity index (χ1) is 8.94. The van der Waals surface area contributed by atoms with Crippen molar-refractivity contribution in [2.75, 3.05) is 11.9 Å². The summed E-state index contributed by atoms with van der Waals surface area (Å²) in [6.07, 6.45) is 1.09. The topological polar surface area (TPSA) is 61.4 Å². The van der Waals surface area contributed by atoms with E-state index in [-0.39, 0.29) is 12.3 Å². The number of nitrogens with one attached hydrogen (secondary N) is 2. The molecule has 6 heteroatoms. The average Bonchev–Trinajstić information content (AvgIpc) is 2.35. The summed E-state index contributed by atoms with van der Waals surface area (Å²) >= 11 is 0. The third kappa shape index (κ3) is 4.17. The second-order valence-corrected chi connectivity index (χ2v) is 4.38. The monoisotopic (exact) mass is 272 g/mol. The maximum Gasteiger partial charge on any atom is 0.319 e. The van der Waals surface area contributed by atoms with E-state index in [0.717, 1.165) is 18.2 Å². The number of urea groups is 1. The van der Waals surface area contributed by atoms with Crippen LogP contribution in [0.4, 0.5) is 19.3 Å². The van der Waals surface area contributed by atoms with Gasteiger partial charge in [0.2, 0.25) is 0 Å². The van der Waals surface area contributed by atoms with Crippen molar-refractivity contribution < 1.29 is 18.7 Å². The largest absolute Gasteiger partial charge is 0.394 e. The molecule has 2 amide bonds. The third-order valence-corrected chi connectivity index (χ3v) is 3.16. The molecule has 0 aliphatic carbocycles. The fourth-order valence-electron chi connectivity index (χ4n) is 1.72. The van der Waals surface area contributed by atoms with Gasteiger partial charge in [0.1, 0.15) is 11.6 Å². The fourth-order valence-corrected chi connectivity index (χ4v) is 1.72. The standard InChI is InChI=1S/C13H18F2N2O2/c1-3-13(4-2,8-18)17-12(19)16-11-6-9(14)5-10(15)7-11/h5-7,18H,3-4,8H2,1-2H3,(H2,16,17,19). The molecule has 0 saturated carbocycles. The highest BCUT2D eigenvalue weighted by Crippen LogP contribution is 2.16. The first-order valence-electron chi connectivity index (χ1n) is 6.11. The predicted octanol–water partition coefficient (Wildman–Crippen LogP) is 2.64. The number of hydrogen-bond donors (Lipinski definition) is 3. The Hall–Kier alpha value is -1.69. The minimum atomic E-state index is -0.769. The van der Waals surface area contributed by atoms with Crippen molar-refractivity contribution in [1.29, 1.82) is 0 Å². The summed E-state index contributed by atoms with van der Waals surface area (Å²) in [6.45, 7) is 3.47. The van der Waals surface area contributed by atoms with Crippen molar-refractivity contribution >= 4 is 11.7 Å². The van der Waals surface area contributed by atoms with Crippen LogP contribution in [0.3, 0.4) is 0 Å². The van der Waals surface area contributed by atoms with E-state index in [1.807, 2.05) is 13.8 Å². The number of hydrogen-bond acceptors (Lipinski definition) is 2. The number of halogens is 2. The predicted molar refractivity (Wildman–Crippen MR) is 68.9 cm³/mol. The number of aliphatic hydroxyl groups is 1. The summed E-state index contributed by atoms with van der Waals surface area (Å²) in [6, 6.07) is 2.14. The van der Waals surface area contributed by atoms with Crippen molar-refractivity contribution in [3.05, 3.63) is 29.8 Å². The minimum Gasteiger partial charge on any atom is -0.394 e. The molecule has 0 atom stereocenters. The van der Waals surface area contributed by atoms with Gasteiger partial charge < -0.3 is 15.7 Å². The molecule has 1 aromatic rings. The molecule has 0 aromatic heterocycles. The van der Waals surface area contributed by atoms with Crippen LogP contribution in [0.15, 0.2) is 18.2 Å². The molecule has 0 saturated heterocycles. The van der Waals surface area contributed by atoms with Crippen LogP contribution in [-0.4, -0.2) is 23.3 Å². The van der Waals surface area contributed by atoms with E-state index in [4.69, 9.17) is 0 Å². The maximum absolute atomic E-state index is 13.0. The summed E-state index contributed by atoms with van der Waals surface area (Å²) in [7, 11) is 0. The van der Waals surface area contributed by atoms with Gasteiger partial charge in [-0.1, -0.05) is 13.8 Å². The molecule has 3 N–H and O–H groups in total. The van der Waals surface area contributed by atoms with Crippen molar-refractivity contribution in [2.45, 2.75) is 32.2 Å².